The van der Waals surface area contributed by atoms with Gasteiger partial charge in [-0.05, 0) is 24.1 Å². The summed E-state index contributed by atoms with van der Waals surface area (Å²) < 4.78 is 37.0. The molecule has 0 aromatic heterocycles. The average Bonchev–Trinajstić information content (AvgIpc) is 2.28. The second-order valence-corrected chi connectivity index (χ2v) is 3.86. The molecule has 0 spiro atoms. The van der Waals surface area contributed by atoms with E-state index in [1.54, 1.807) is 0 Å². The van der Waals surface area contributed by atoms with Gasteiger partial charge in [0.2, 0.25) is 0 Å². The summed E-state index contributed by atoms with van der Waals surface area (Å²) in [5.74, 6) is 0. The SMILES string of the molecule is O=C1NCCC(c2ccc(C(F)(F)F)cc2)N1. The van der Waals surface area contributed by atoms with Crippen molar-refractivity contribution >= 4 is 6.03 Å². The van der Waals surface area contributed by atoms with Gasteiger partial charge in [0.1, 0.15) is 0 Å². The Morgan fingerprint density at radius 3 is 2.35 bits per heavy atom. The summed E-state index contributed by atoms with van der Waals surface area (Å²) in [6, 6.07) is 4.36. The summed E-state index contributed by atoms with van der Waals surface area (Å²) in [5.41, 5.74) is 0.00867. The van der Waals surface area contributed by atoms with Crippen LogP contribution >= 0.6 is 0 Å². The number of hydrogen-bond acceptors (Lipinski definition) is 1. The van der Waals surface area contributed by atoms with Crippen LogP contribution < -0.4 is 10.6 Å². The number of nitrogens with one attached hydrogen (secondary N) is 2. The van der Waals surface area contributed by atoms with Crippen molar-refractivity contribution in [3.05, 3.63) is 35.4 Å². The van der Waals surface area contributed by atoms with E-state index in [0.717, 1.165) is 12.1 Å². The average molecular weight is 244 g/mol. The highest BCUT2D eigenvalue weighted by Gasteiger charge is 2.30. The van der Waals surface area contributed by atoms with Crippen LogP contribution in [0.3, 0.4) is 0 Å². The fourth-order valence-electron chi connectivity index (χ4n) is 1.77. The predicted molar refractivity (Wildman–Crippen MR) is 55.3 cm³/mol. The second-order valence-electron chi connectivity index (χ2n) is 3.86. The lowest BCUT2D eigenvalue weighted by molar-refractivity contribution is -0.137. The molecule has 1 aromatic carbocycles. The molecule has 17 heavy (non-hydrogen) atoms. The summed E-state index contributed by atoms with van der Waals surface area (Å²) in [4.78, 5) is 11.1. The number of hydrogen-bond donors (Lipinski definition) is 2. The van der Waals surface area contributed by atoms with Crippen LogP contribution in [0.25, 0.3) is 0 Å². The molecule has 1 aromatic rings. The number of carbonyl (C=O) groups is 1. The van der Waals surface area contributed by atoms with Gasteiger partial charge in [-0.25, -0.2) is 4.79 Å². The zero-order valence-electron chi connectivity index (χ0n) is 8.84. The Hall–Kier alpha value is -1.72. The summed E-state index contributed by atoms with van der Waals surface area (Å²) in [6.45, 7) is 0.525. The van der Waals surface area contributed by atoms with Crippen LogP contribution in [0.2, 0.25) is 0 Å². The summed E-state index contributed by atoms with van der Waals surface area (Å²) >= 11 is 0. The molecule has 1 heterocycles. The van der Waals surface area contributed by atoms with E-state index in [2.05, 4.69) is 10.6 Å². The van der Waals surface area contributed by atoms with Crippen molar-refractivity contribution < 1.29 is 18.0 Å². The van der Waals surface area contributed by atoms with Crippen molar-refractivity contribution in [2.24, 2.45) is 0 Å². The van der Waals surface area contributed by atoms with Crippen LogP contribution in [0.4, 0.5) is 18.0 Å². The number of amides is 2. The second kappa shape index (κ2) is 4.27. The molecule has 2 N–H and O–H groups in total. The molecule has 0 aliphatic carbocycles. The predicted octanol–water partition coefficient (Wildman–Crippen LogP) is 2.45. The molecular weight excluding hydrogens is 233 g/mol. The Morgan fingerprint density at radius 1 is 1.18 bits per heavy atom. The van der Waals surface area contributed by atoms with Gasteiger partial charge in [0.25, 0.3) is 0 Å². The molecule has 6 heteroatoms. The molecule has 1 aliphatic heterocycles. The number of carbonyl (C=O) groups excluding carboxylic acids is 1. The first-order valence-corrected chi connectivity index (χ1v) is 5.18. The molecule has 92 valence electrons. The molecule has 2 amide bonds. The largest absolute Gasteiger partial charge is 0.416 e. The fourth-order valence-corrected chi connectivity index (χ4v) is 1.77. The minimum Gasteiger partial charge on any atom is -0.338 e. The van der Waals surface area contributed by atoms with Crippen LogP contribution in [0.1, 0.15) is 23.6 Å². The summed E-state index contributed by atoms with van der Waals surface area (Å²) in [7, 11) is 0. The molecule has 2 rings (SSSR count). The van der Waals surface area contributed by atoms with Crippen LogP contribution in [0.15, 0.2) is 24.3 Å². The lowest BCUT2D eigenvalue weighted by Gasteiger charge is -2.24. The van der Waals surface area contributed by atoms with Crippen molar-refractivity contribution in [3.8, 4) is 0 Å². The van der Waals surface area contributed by atoms with Gasteiger partial charge in [-0.1, -0.05) is 12.1 Å². The van der Waals surface area contributed by atoms with E-state index in [1.807, 2.05) is 0 Å². The van der Waals surface area contributed by atoms with E-state index in [4.69, 9.17) is 0 Å². The summed E-state index contributed by atoms with van der Waals surface area (Å²) in [6.07, 6.45) is -3.66. The molecule has 1 unspecified atom stereocenters. The van der Waals surface area contributed by atoms with Crippen molar-refractivity contribution in [3.63, 3.8) is 0 Å². The minimum atomic E-state index is -4.32. The molecule has 1 atom stereocenters. The van der Waals surface area contributed by atoms with E-state index in [1.165, 1.54) is 12.1 Å². The highest BCUT2D eigenvalue weighted by atomic mass is 19.4. The van der Waals surface area contributed by atoms with E-state index in [9.17, 15) is 18.0 Å². The quantitative estimate of drug-likeness (QED) is 0.782. The molecule has 3 nitrogen and oxygen atoms in total. The lowest BCUT2D eigenvalue weighted by Crippen LogP contribution is -2.44. The topological polar surface area (TPSA) is 41.1 Å². The number of rotatable bonds is 1. The maximum Gasteiger partial charge on any atom is 0.416 e. The number of halogens is 3. The van der Waals surface area contributed by atoms with Gasteiger partial charge in [-0.3, -0.25) is 0 Å². The monoisotopic (exact) mass is 244 g/mol. The molecule has 0 bridgehead atoms. The van der Waals surface area contributed by atoms with Crippen molar-refractivity contribution in [2.45, 2.75) is 18.6 Å². The molecule has 1 fully saturated rings. The van der Waals surface area contributed by atoms with Crippen LogP contribution in [-0.2, 0) is 6.18 Å². The van der Waals surface area contributed by atoms with E-state index >= 15 is 0 Å². The van der Waals surface area contributed by atoms with Crippen LogP contribution in [0.5, 0.6) is 0 Å². The fraction of sp³-hybridized carbons (Fsp3) is 0.364. The molecule has 1 aliphatic rings. The molecular formula is C11H11F3N2O. The Labute approximate surface area is 96.0 Å². The highest BCUT2D eigenvalue weighted by molar-refractivity contribution is 5.75. The Morgan fingerprint density at radius 2 is 1.82 bits per heavy atom. The Bertz CT molecular complexity index is 414. The van der Waals surface area contributed by atoms with E-state index in [0.29, 0.717) is 18.5 Å². The Kier molecular flexibility index (Phi) is 2.95. The lowest BCUT2D eigenvalue weighted by atomic mass is 10.0. The number of benzene rings is 1. The molecule has 0 saturated carbocycles. The van der Waals surface area contributed by atoms with Gasteiger partial charge in [0.15, 0.2) is 0 Å². The normalized spacial score (nSPS) is 20.6. The van der Waals surface area contributed by atoms with Crippen molar-refractivity contribution in [1.82, 2.24) is 10.6 Å². The van der Waals surface area contributed by atoms with Gasteiger partial charge >= 0.3 is 12.2 Å². The first-order chi connectivity index (χ1) is 7.97. The molecule has 1 saturated heterocycles. The minimum absolute atomic E-state index is 0.217. The third-order valence-electron chi connectivity index (χ3n) is 2.66. The Balaban J connectivity index is 2.15. The number of alkyl halides is 3. The number of urea groups is 1. The van der Waals surface area contributed by atoms with Gasteiger partial charge in [-0.2, -0.15) is 13.2 Å². The van der Waals surface area contributed by atoms with Crippen molar-refractivity contribution in [1.29, 1.82) is 0 Å². The maximum atomic E-state index is 12.3. The zero-order chi connectivity index (χ0) is 12.5. The molecule has 0 radical (unpaired) electrons. The first kappa shape index (κ1) is 11.8. The highest BCUT2D eigenvalue weighted by Crippen LogP contribution is 2.30. The van der Waals surface area contributed by atoms with E-state index in [-0.39, 0.29) is 12.1 Å². The van der Waals surface area contributed by atoms with Gasteiger partial charge < -0.3 is 10.6 Å². The van der Waals surface area contributed by atoms with Gasteiger partial charge in [-0.15, -0.1) is 0 Å². The van der Waals surface area contributed by atoms with Crippen LogP contribution in [0, 0.1) is 0 Å². The standard InChI is InChI=1S/C11H11F3N2O/c12-11(13,14)8-3-1-7(2-4-8)9-5-6-15-10(17)16-9/h1-4,9H,5-6H2,(H2,15,16,17). The van der Waals surface area contributed by atoms with Gasteiger partial charge in [0.05, 0.1) is 11.6 Å². The maximum absolute atomic E-state index is 12.3. The van der Waals surface area contributed by atoms with Crippen LogP contribution in [-0.4, -0.2) is 12.6 Å². The first-order valence-electron chi connectivity index (χ1n) is 5.18. The van der Waals surface area contributed by atoms with E-state index < -0.39 is 11.7 Å². The third-order valence-corrected chi connectivity index (χ3v) is 2.66. The third kappa shape index (κ3) is 2.69. The van der Waals surface area contributed by atoms with Gasteiger partial charge in [0, 0.05) is 6.54 Å². The zero-order valence-corrected chi connectivity index (χ0v) is 8.84. The smallest absolute Gasteiger partial charge is 0.338 e. The van der Waals surface area contributed by atoms with Crippen molar-refractivity contribution in [2.75, 3.05) is 6.54 Å². The summed E-state index contributed by atoms with van der Waals surface area (Å²) in [5, 5.41) is 5.25.